The highest BCUT2D eigenvalue weighted by atomic mass is 15.2. The second kappa shape index (κ2) is 3.97. The van der Waals surface area contributed by atoms with Crippen molar-refractivity contribution < 1.29 is 0 Å². The Kier molecular flexibility index (Phi) is 2.89. The van der Waals surface area contributed by atoms with Crippen molar-refractivity contribution in [3.8, 4) is 0 Å². The van der Waals surface area contributed by atoms with E-state index in [0.29, 0.717) is 6.04 Å². The molecule has 1 unspecified atom stereocenters. The molecular weight excluding hydrogens is 160 g/mol. The van der Waals surface area contributed by atoms with Crippen LogP contribution in [0.4, 0.5) is 0 Å². The summed E-state index contributed by atoms with van der Waals surface area (Å²) in [7, 11) is 0. The Bertz CT molecular complexity index is 163. The van der Waals surface area contributed by atoms with Gasteiger partial charge >= 0.3 is 0 Å². The summed E-state index contributed by atoms with van der Waals surface area (Å²) < 4.78 is 0. The van der Waals surface area contributed by atoms with Crippen LogP contribution in [-0.4, -0.2) is 36.6 Å². The van der Waals surface area contributed by atoms with Gasteiger partial charge in [-0.3, -0.25) is 4.90 Å². The molecular formula is C11H22N2. The lowest BCUT2D eigenvalue weighted by Crippen LogP contribution is -2.47. The fourth-order valence-corrected chi connectivity index (χ4v) is 2.63. The molecule has 0 aromatic rings. The minimum atomic E-state index is 0.693. The van der Waals surface area contributed by atoms with Crippen LogP contribution in [0.5, 0.6) is 0 Å². The third-order valence-corrected chi connectivity index (χ3v) is 3.49. The lowest BCUT2D eigenvalue weighted by atomic mass is 9.80. The fraction of sp³-hybridized carbons (Fsp3) is 1.00. The molecule has 1 N–H and O–H groups in total. The maximum absolute atomic E-state index is 3.55. The zero-order valence-electron chi connectivity index (χ0n) is 8.92. The van der Waals surface area contributed by atoms with Gasteiger partial charge in [-0.15, -0.1) is 0 Å². The van der Waals surface area contributed by atoms with E-state index in [4.69, 9.17) is 0 Å². The van der Waals surface area contributed by atoms with Crippen molar-refractivity contribution in [2.45, 2.75) is 45.2 Å². The smallest absolute Gasteiger partial charge is 0.0166 e. The van der Waals surface area contributed by atoms with Gasteiger partial charge in [-0.1, -0.05) is 6.92 Å². The van der Waals surface area contributed by atoms with E-state index in [0.717, 1.165) is 12.0 Å². The van der Waals surface area contributed by atoms with Crippen LogP contribution in [-0.2, 0) is 0 Å². The molecule has 1 heterocycles. The molecule has 76 valence electrons. The van der Waals surface area contributed by atoms with Crippen LogP contribution in [0.15, 0.2) is 0 Å². The van der Waals surface area contributed by atoms with E-state index in [2.05, 4.69) is 24.1 Å². The van der Waals surface area contributed by atoms with E-state index in [-0.39, 0.29) is 0 Å². The molecule has 0 spiro atoms. The van der Waals surface area contributed by atoms with E-state index in [1.54, 1.807) is 0 Å². The summed E-state index contributed by atoms with van der Waals surface area (Å²) in [5, 5.41) is 3.55. The molecule has 0 aromatic heterocycles. The monoisotopic (exact) mass is 182 g/mol. The maximum Gasteiger partial charge on any atom is 0.0166 e. The molecule has 2 aliphatic rings. The minimum Gasteiger partial charge on any atom is -0.313 e. The highest BCUT2D eigenvalue weighted by molar-refractivity contribution is 4.87. The topological polar surface area (TPSA) is 15.3 Å². The number of nitrogens with zero attached hydrogens (tertiary/aromatic N) is 1. The highest BCUT2D eigenvalue weighted by Gasteiger charge is 2.31. The van der Waals surface area contributed by atoms with Gasteiger partial charge in [0.2, 0.25) is 0 Å². The molecule has 1 atom stereocenters. The molecule has 2 nitrogen and oxygen atoms in total. The van der Waals surface area contributed by atoms with Gasteiger partial charge in [-0.25, -0.2) is 0 Å². The largest absolute Gasteiger partial charge is 0.313 e. The van der Waals surface area contributed by atoms with Gasteiger partial charge in [0.15, 0.2) is 0 Å². The van der Waals surface area contributed by atoms with E-state index >= 15 is 0 Å². The third kappa shape index (κ3) is 2.23. The Labute approximate surface area is 81.7 Å². The van der Waals surface area contributed by atoms with E-state index in [1.807, 2.05) is 0 Å². The van der Waals surface area contributed by atoms with Crippen LogP contribution in [0.3, 0.4) is 0 Å². The number of hydrogen-bond donors (Lipinski definition) is 1. The first-order valence-corrected chi connectivity index (χ1v) is 5.73. The first-order valence-electron chi connectivity index (χ1n) is 5.73. The summed E-state index contributed by atoms with van der Waals surface area (Å²) in [6.07, 6.45) is 4.20. The Hall–Kier alpha value is -0.0800. The molecule has 2 heteroatoms. The molecule has 0 amide bonds. The second-order valence-corrected chi connectivity index (χ2v) is 4.93. The first kappa shape index (κ1) is 9.47. The van der Waals surface area contributed by atoms with Crippen molar-refractivity contribution in [3.05, 3.63) is 0 Å². The van der Waals surface area contributed by atoms with Crippen LogP contribution in [0.25, 0.3) is 0 Å². The SMILES string of the molecule is CC1CC(N2CCCNC(C)C2)C1. The van der Waals surface area contributed by atoms with Crippen LogP contribution in [0, 0.1) is 5.92 Å². The Morgan fingerprint density at radius 1 is 1.23 bits per heavy atom. The first-order chi connectivity index (χ1) is 6.25. The van der Waals surface area contributed by atoms with Gasteiger partial charge < -0.3 is 5.32 Å². The molecule has 0 aromatic carbocycles. The molecule has 13 heavy (non-hydrogen) atoms. The zero-order valence-corrected chi connectivity index (χ0v) is 8.92. The Morgan fingerprint density at radius 3 is 2.69 bits per heavy atom. The number of rotatable bonds is 1. The van der Waals surface area contributed by atoms with E-state index in [1.165, 1.54) is 38.9 Å². The predicted molar refractivity (Wildman–Crippen MR) is 55.8 cm³/mol. The molecule has 1 saturated carbocycles. The van der Waals surface area contributed by atoms with Crippen LogP contribution >= 0.6 is 0 Å². The molecule has 2 fully saturated rings. The van der Waals surface area contributed by atoms with Crippen LogP contribution in [0.1, 0.15) is 33.1 Å². The summed E-state index contributed by atoms with van der Waals surface area (Å²) in [6.45, 7) is 8.46. The Morgan fingerprint density at radius 2 is 2.00 bits per heavy atom. The normalized spacial score (nSPS) is 42.5. The molecule has 1 aliphatic carbocycles. The van der Waals surface area contributed by atoms with Crippen molar-refractivity contribution in [1.29, 1.82) is 0 Å². The second-order valence-electron chi connectivity index (χ2n) is 4.93. The predicted octanol–water partition coefficient (Wildman–Crippen LogP) is 1.47. The summed E-state index contributed by atoms with van der Waals surface area (Å²) in [6, 6.07) is 1.61. The van der Waals surface area contributed by atoms with Gasteiger partial charge in [0, 0.05) is 18.6 Å². The van der Waals surface area contributed by atoms with Gasteiger partial charge in [0.1, 0.15) is 0 Å². The molecule has 1 aliphatic heterocycles. The zero-order chi connectivity index (χ0) is 9.26. The lowest BCUT2D eigenvalue weighted by Gasteiger charge is -2.41. The summed E-state index contributed by atoms with van der Waals surface area (Å²) in [5.74, 6) is 0.983. The number of hydrogen-bond acceptors (Lipinski definition) is 2. The number of nitrogens with one attached hydrogen (secondary N) is 1. The molecule has 2 rings (SSSR count). The van der Waals surface area contributed by atoms with E-state index in [9.17, 15) is 0 Å². The summed E-state index contributed by atoms with van der Waals surface area (Å²) >= 11 is 0. The minimum absolute atomic E-state index is 0.693. The van der Waals surface area contributed by atoms with Crippen molar-refractivity contribution in [3.63, 3.8) is 0 Å². The van der Waals surface area contributed by atoms with E-state index < -0.39 is 0 Å². The van der Waals surface area contributed by atoms with Gasteiger partial charge in [0.05, 0.1) is 0 Å². The quantitative estimate of drug-likeness (QED) is 0.660. The summed E-state index contributed by atoms with van der Waals surface area (Å²) in [4.78, 5) is 2.70. The lowest BCUT2D eigenvalue weighted by molar-refractivity contribution is 0.0861. The molecule has 0 bridgehead atoms. The van der Waals surface area contributed by atoms with Gasteiger partial charge in [0.25, 0.3) is 0 Å². The fourth-order valence-electron chi connectivity index (χ4n) is 2.63. The Balaban J connectivity index is 1.83. The highest BCUT2D eigenvalue weighted by Crippen LogP contribution is 2.31. The van der Waals surface area contributed by atoms with Gasteiger partial charge in [-0.05, 0) is 45.2 Å². The standard InChI is InChI=1S/C11H22N2/c1-9-6-11(7-9)13-5-3-4-12-10(2)8-13/h9-12H,3-8H2,1-2H3. The van der Waals surface area contributed by atoms with Crippen molar-refractivity contribution in [2.75, 3.05) is 19.6 Å². The van der Waals surface area contributed by atoms with Crippen molar-refractivity contribution in [1.82, 2.24) is 10.2 Å². The molecule has 1 saturated heterocycles. The maximum atomic E-state index is 3.55. The van der Waals surface area contributed by atoms with Crippen molar-refractivity contribution >= 4 is 0 Å². The summed E-state index contributed by atoms with van der Waals surface area (Å²) in [5.41, 5.74) is 0. The van der Waals surface area contributed by atoms with Crippen molar-refractivity contribution in [2.24, 2.45) is 5.92 Å². The van der Waals surface area contributed by atoms with Gasteiger partial charge in [-0.2, -0.15) is 0 Å². The van der Waals surface area contributed by atoms with Crippen LogP contribution in [0.2, 0.25) is 0 Å². The third-order valence-electron chi connectivity index (χ3n) is 3.49. The van der Waals surface area contributed by atoms with Crippen LogP contribution < -0.4 is 5.32 Å². The average molecular weight is 182 g/mol. The molecule has 0 radical (unpaired) electrons. The average Bonchev–Trinajstić information content (AvgIpc) is 2.24.